The maximum Gasteiger partial charge on any atom is 0.227 e. The number of hydrogen-bond acceptors (Lipinski definition) is 6. The first-order valence-electron chi connectivity index (χ1n) is 10.9. The second-order valence-corrected chi connectivity index (χ2v) is 9.47. The normalized spacial score (nSPS) is 22.0. The Labute approximate surface area is 177 Å². The van der Waals surface area contributed by atoms with Crippen molar-refractivity contribution < 1.29 is 0 Å². The lowest BCUT2D eigenvalue weighted by Crippen LogP contribution is -2.44. The van der Waals surface area contributed by atoms with Gasteiger partial charge in [0.25, 0.3) is 0 Å². The molecule has 1 spiro atoms. The van der Waals surface area contributed by atoms with Gasteiger partial charge >= 0.3 is 0 Å². The van der Waals surface area contributed by atoms with E-state index in [9.17, 15) is 0 Å². The molecule has 0 radical (unpaired) electrons. The summed E-state index contributed by atoms with van der Waals surface area (Å²) in [5.41, 5.74) is 1.75. The molecule has 5 rings (SSSR count). The van der Waals surface area contributed by atoms with Gasteiger partial charge in [0.2, 0.25) is 5.95 Å². The summed E-state index contributed by atoms with van der Waals surface area (Å²) in [7, 11) is 2.11. The van der Waals surface area contributed by atoms with Gasteiger partial charge in [-0.25, -0.2) is 4.98 Å². The Morgan fingerprint density at radius 2 is 1.90 bits per heavy atom. The van der Waals surface area contributed by atoms with Crippen molar-refractivity contribution in [2.45, 2.75) is 63.3 Å². The number of halogens is 1. The number of hydrogen-bond donors (Lipinski definition) is 3. The van der Waals surface area contributed by atoms with E-state index in [4.69, 9.17) is 16.6 Å². The molecule has 8 heteroatoms. The first-order chi connectivity index (χ1) is 14.1. The average molecular weight is 416 g/mol. The van der Waals surface area contributed by atoms with Crippen LogP contribution in [0, 0.1) is 5.41 Å². The van der Waals surface area contributed by atoms with Crippen LogP contribution in [0.25, 0.3) is 0 Å². The van der Waals surface area contributed by atoms with Crippen LogP contribution in [0.4, 0.5) is 17.6 Å². The molecule has 7 nitrogen and oxygen atoms in total. The van der Waals surface area contributed by atoms with Crippen molar-refractivity contribution in [3.05, 3.63) is 23.0 Å². The molecular formula is C21H30ClN7. The minimum Gasteiger partial charge on any atom is -0.341 e. The maximum atomic E-state index is 6.37. The lowest BCUT2D eigenvalue weighted by atomic mass is 9.67. The van der Waals surface area contributed by atoms with Gasteiger partial charge in [0.05, 0.1) is 6.20 Å². The lowest BCUT2D eigenvalue weighted by Gasteiger charge is -2.45. The topological polar surface area (TPSA) is 81.8 Å². The molecule has 3 N–H and O–H groups in total. The Balaban J connectivity index is 1.26. The van der Waals surface area contributed by atoms with Gasteiger partial charge in [-0.1, -0.05) is 11.6 Å². The lowest BCUT2D eigenvalue weighted by molar-refractivity contribution is 0.123. The Morgan fingerprint density at radius 3 is 2.62 bits per heavy atom. The summed E-state index contributed by atoms with van der Waals surface area (Å²) < 4.78 is 0. The van der Waals surface area contributed by atoms with Crippen LogP contribution in [0.2, 0.25) is 5.02 Å². The fraction of sp³-hybridized carbons (Fsp3) is 0.667. The first-order valence-corrected chi connectivity index (χ1v) is 11.3. The van der Waals surface area contributed by atoms with Crippen LogP contribution in [0.5, 0.6) is 0 Å². The van der Waals surface area contributed by atoms with E-state index >= 15 is 0 Å². The van der Waals surface area contributed by atoms with Crippen LogP contribution >= 0.6 is 11.6 Å². The Hall–Kier alpha value is -1.86. The van der Waals surface area contributed by atoms with Crippen molar-refractivity contribution in [3.63, 3.8) is 0 Å². The highest BCUT2D eigenvalue weighted by atomic mass is 35.5. The van der Waals surface area contributed by atoms with Gasteiger partial charge in [0.1, 0.15) is 5.02 Å². The van der Waals surface area contributed by atoms with Crippen LogP contribution in [-0.2, 0) is 0 Å². The highest BCUT2D eigenvalue weighted by Crippen LogP contribution is 2.44. The molecular weight excluding hydrogens is 386 g/mol. The number of nitrogens with zero attached hydrogens (tertiary/aromatic N) is 4. The molecule has 0 amide bonds. The van der Waals surface area contributed by atoms with E-state index < -0.39 is 0 Å². The number of anilines is 3. The van der Waals surface area contributed by atoms with Crippen LogP contribution in [0.15, 0.2) is 12.3 Å². The number of aromatic amines is 1. The summed E-state index contributed by atoms with van der Waals surface area (Å²) in [6.45, 7) is 2.34. The monoisotopic (exact) mass is 415 g/mol. The average Bonchev–Trinajstić information content (AvgIpc) is 3.49. The molecule has 2 aliphatic carbocycles. The third-order valence-corrected chi connectivity index (χ3v) is 7.41. The molecule has 3 fully saturated rings. The van der Waals surface area contributed by atoms with Crippen molar-refractivity contribution >= 4 is 29.2 Å². The molecule has 3 heterocycles. The van der Waals surface area contributed by atoms with Gasteiger partial charge < -0.3 is 15.5 Å². The molecule has 0 unspecified atom stereocenters. The molecule has 156 valence electrons. The zero-order valence-electron chi connectivity index (χ0n) is 17.0. The molecule has 29 heavy (non-hydrogen) atoms. The summed E-state index contributed by atoms with van der Waals surface area (Å²) >= 11 is 6.37. The van der Waals surface area contributed by atoms with E-state index in [0.29, 0.717) is 28.2 Å². The van der Waals surface area contributed by atoms with Gasteiger partial charge in [-0.3, -0.25) is 5.10 Å². The number of aromatic nitrogens is 4. The zero-order valence-corrected chi connectivity index (χ0v) is 17.8. The van der Waals surface area contributed by atoms with E-state index in [1.54, 1.807) is 6.20 Å². The molecule has 2 aromatic rings. The number of H-pyrrole nitrogens is 1. The van der Waals surface area contributed by atoms with Gasteiger partial charge in [-0.15, -0.1) is 0 Å². The quantitative estimate of drug-likeness (QED) is 0.678. The van der Waals surface area contributed by atoms with E-state index in [-0.39, 0.29) is 0 Å². The van der Waals surface area contributed by atoms with E-state index in [2.05, 4.69) is 43.8 Å². The fourth-order valence-corrected chi connectivity index (χ4v) is 5.10. The minimum absolute atomic E-state index is 0.483. The number of rotatable bonds is 5. The van der Waals surface area contributed by atoms with Crippen LogP contribution in [0.3, 0.4) is 0 Å². The molecule has 0 aromatic carbocycles. The molecule has 1 aliphatic heterocycles. The molecule has 1 saturated heterocycles. The second-order valence-electron chi connectivity index (χ2n) is 9.07. The predicted molar refractivity (Wildman–Crippen MR) is 116 cm³/mol. The SMILES string of the molecule is CN(c1ncc(Cl)c(Nc2cc(C3CC3)[nH]n2)n1)C1CCC2(CCNCC2)CC1. The van der Waals surface area contributed by atoms with Crippen LogP contribution < -0.4 is 15.5 Å². The zero-order chi connectivity index (χ0) is 19.8. The summed E-state index contributed by atoms with van der Waals surface area (Å²) in [4.78, 5) is 11.5. The summed E-state index contributed by atoms with van der Waals surface area (Å²) in [6, 6.07) is 2.54. The number of nitrogens with one attached hydrogen (secondary N) is 3. The Kier molecular flexibility index (Phi) is 5.12. The van der Waals surface area contributed by atoms with E-state index in [1.807, 2.05) is 0 Å². The highest BCUT2D eigenvalue weighted by molar-refractivity contribution is 6.32. The summed E-state index contributed by atoms with van der Waals surface area (Å²) in [6.07, 6.45) is 11.8. The highest BCUT2D eigenvalue weighted by Gasteiger charge is 2.37. The minimum atomic E-state index is 0.483. The molecule has 2 aromatic heterocycles. The third-order valence-electron chi connectivity index (χ3n) is 7.14. The number of piperidine rings is 1. The molecule has 0 atom stereocenters. The van der Waals surface area contributed by atoms with Gasteiger partial charge in [-0.05, 0) is 69.9 Å². The second kappa shape index (κ2) is 7.76. The van der Waals surface area contributed by atoms with Crippen LogP contribution in [-0.4, -0.2) is 46.3 Å². The van der Waals surface area contributed by atoms with Crippen molar-refractivity contribution in [1.29, 1.82) is 0 Å². The largest absolute Gasteiger partial charge is 0.341 e. The molecule has 0 bridgehead atoms. The van der Waals surface area contributed by atoms with Crippen molar-refractivity contribution in [1.82, 2.24) is 25.5 Å². The van der Waals surface area contributed by atoms with Crippen LogP contribution in [0.1, 0.15) is 63.0 Å². The predicted octanol–water partition coefficient (Wildman–Crippen LogP) is 4.22. The standard InChI is InChI=1S/C21H30ClN7/c1-29(15-4-6-21(7-5-15)8-10-23-11-9-21)20-24-13-16(22)19(26-20)25-18-12-17(27-28-18)14-2-3-14/h12-15,23H,2-11H2,1H3,(H2,24,25,26,27,28). The maximum absolute atomic E-state index is 6.37. The Morgan fingerprint density at radius 1 is 1.14 bits per heavy atom. The van der Waals surface area contributed by atoms with Crippen molar-refractivity contribution in [2.24, 2.45) is 5.41 Å². The van der Waals surface area contributed by atoms with E-state index in [0.717, 1.165) is 11.8 Å². The van der Waals surface area contributed by atoms with Crippen molar-refractivity contribution in [2.75, 3.05) is 30.4 Å². The fourth-order valence-electron chi connectivity index (χ4n) is 4.96. The molecule has 3 aliphatic rings. The molecule has 2 saturated carbocycles. The smallest absolute Gasteiger partial charge is 0.227 e. The van der Waals surface area contributed by atoms with Gasteiger partial charge in [0, 0.05) is 30.8 Å². The Bertz CT molecular complexity index is 846. The first kappa shape index (κ1) is 19.1. The summed E-state index contributed by atoms with van der Waals surface area (Å²) in [5.74, 6) is 2.73. The van der Waals surface area contributed by atoms with E-state index in [1.165, 1.54) is 70.2 Å². The van der Waals surface area contributed by atoms with Gasteiger partial charge in [-0.2, -0.15) is 10.1 Å². The summed E-state index contributed by atoms with van der Waals surface area (Å²) in [5, 5.41) is 14.7. The van der Waals surface area contributed by atoms with Gasteiger partial charge in [0.15, 0.2) is 11.6 Å². The third kappa shape index (κ3) is 4.08. The van der Waals surface area contributed by atoms with Crippen molar-refractivity contribution in [3.8, 4) is 0 Å².